The number of fused-ring (bicyclic) bond motifs is 2. The van der Waals surface area contributed by atoms with Gasteiger partial charge < -0.3 is 9.64 Å². The van der Waals surface area contributed by atoms with Gasteiger partial charge in [0, 0.05) is 50.3 Å². The van der Waals surface area contributed by atoms with E-state index in [1.807, 2.05) is 7.05 Å². The van der Waals surface area contributed by atoms with E-state index in [-0.39, 0.29) is 5.82 Å². The minimum absolute atomic E-state index is 0.355. The van der Waals surface area contributed by atoms with Crippen molar-refractivity contribution < 1.29 is 13.9 Å². The van der Waals surface area contributed by atoms with Crippen LogP contribution in [0.2, 0.25) is 0 Å². The zero-order chi connectivity index (χ0) is 16.2. The van der Waals surface area contributed by atoms with Crippen LogP contribution < -0.4 is 0 Å². The lowest BCUT2D eigenvalue weighted by Crippen LogP contribution is -2.41. The Kier molecular flexibility index (Phi) is 3.06. The maximum Gasteiger partial charge on any atom is 0.339 e. The van der Waals surface area contributed by atoms with E-state index in [0.29, 0.717) is 29.5 Å². The molecule has 0 atom stereocenters. The Labute approximate surface area is 133 Å². The lowest BCUT2D eigenvalue weighted by molar-refractivity contribution is -0.0408. The molecule has 1 aromatic carbocycles. The maximum absolute atomic E-state index is 14.9. The molecule has 1 spiro atoms. The molecule has 0 N–H and O–H groups in total. The first-order valence-corrected chi connectivity index (χ1v) is 7.73. The van der Waals surface area contributed by atoms with Gasteiger partial charge in [-0.15, -0.1) is 0 Å². The van der Waals surface area contributed by atoms with Crippen LogP contribution in [0.15, 0.2) is 24.5 Å². The SMILES string of the molecule is CN1CCC2(CC1)OC(=O)c1cc(-c3cnn(C)c3)cc(F)c12. The molecule has 1 aromatic heterocycles. The second-order valence-corrected chi connectivity index (χ2v) is 6.47. The number of carbonyl (C=O) groups excluding carboxylic acids is 1. The summed E-state index contributed by atoms with van der Waals surface area (Å²) in [5, 5.41) is 4.10. The van der Waals surface area contributed by atoms with Crippen molar-refractivity contribution in [2.45, 2.75) is 18.4 Å². The molecule has 23 heavy (non-hydrogen) atoms. The summed E-state index contributed by atoms with van der Waals surface area (Å²) in [4.78, 5) is 14.5. The molecule has 3 heterocycles. The van der Waals surface area contributed by atoms with Crippen LogP contribution in [0, 0.1) is 5.82 Å². The van der Waals surface area contributed by atoms with Gasteiger partial charge in [0.15, 0.2) is 0 Å². The Morgan fingerprint density at radius 2 is 1.96 bits per heavy atom. The third kappa shape index (κ3) is 2.16. The van der Waals surface area contributed by atoms with Gasteiger partial charge in [0.05, 0.1) is 11.8 Å². The number of carbonyl (C=O) groups is 1. The van der Waals surface area contributed by atoms with Gasteiger partial charge in [-0.3, -0.25) is 4.68 Å². The van der Waals surface area contributed by atoms with E-state index in [9.17, 15) is 9.18 Å². The molecule has 0 radical (unpaired) electrons. The molecule has 0 unspecified atom stereocenters. The van der Waals surface area contributed by atoms with Crippen molar-refractivity contribution in [1.29, 1.82) is 0 Å². The van der Waals surface area contributed by atoms with Crippen molar-refractivity contribution in [2.75, 3.05) is 20.1 Å². The van der Waals surface area contributed by atoms with Gasteiger partial charge in [0.2, 0.25) is 0 Å². The molecule has 0 aliphatic carbocycles. The summed E-state index contributed by atoms with van der Waals surface area (Å²) in [6.07, 6.45) is 4.72. The van der Waals surface area contributed by atoms with E-state index in [0.717, 1.165) is 18.7 Å². The number of piperidine rings is 1. The minimum atomic E-state index is -0.795. The van der Waals surface area contributed by atoms with Gasteiger partial charge in [-0.05, 0) is 24.7 Å². The molecular formula is C17H18FN3O2. The standard InChI is InChI=1S/C17H18FN3O2/c1-20-5-3-17(4-6-20)15-13(16(22)23-17)7-11(8-14(15)18)12-9-19-21(2)10-12/h7-10H,3-6H2,1-2H3. The summed E-state index contributed by atoms with van der Waals surface area (Å²) >= 11 is 0. The van der Waals surface area contributed by atoms with Gasteiger partial charge in [0.1, 0.15) is 11.4 Å². The predicted molar refractivity (Wildman–Crippen MR) is 82.4 cm³/mol. The van der Waals surface area contributed by atoms with Crippen LogP contribution in [0.5, 0.6) is 0 Å². The molecule has 2 aromatic rings. The van der Waals surface area contributed by atoms with Crippen molar-refractivity contribution in [1.82, 2.24) is 14.7 Å². The molecule has 0 amide bonds. The smallest absolute Gasteiger partial charge is 0.339 e. The highest BCUT2D eigenvalue weighted by atomic mass is 19.1. The number of esters is 1. The van der Waals surface area contributed by atoms with Crippen LogP contribution in [-0.4, -0.2) is 40.8 Å². The van der Waals surface area contributed by atoms with Gasteiger partial charge >= 0.3 is 5.97 Å². The maximum atomic E-state index is 14.9. The Morgan fingerprint density at radius 3 is 2.61 bits per heavy atom. The summed E-state index contributed by atoms with van der Waals surface area (Å²) in [5.41, 5.74) is 1.43. The number of aromatic nitrogens is 2. The summed E-state index contributed by atoms with van der Waals surface area (Å²) < 4.78 is 22.2. The number of halogens is 1. The van der Waals surface area contributed by atoms with Gasteiger partial charge in [-0.1, -0.05) is 0 Å². The van der Waals surface area contributed by atoms with Crippen LogP contribution in [-0.2, 0) is 17.4 Å². The number of likely N-dealkylation sites (tertiary alicyclic amines) is 1. The fraction of sp³-hybridized carbons (Fsp3) is 0.412. The first-order chi connectivity index (χ1) is 11.0. The van der Waals surface area contributed by atoms with Crippen molar-refractivity contribution in [3.63, 3.8) is 0 Å². The summed E-state index contributed by atoms with van der Waals surface area (Å²) in [6.45, 7) is 1.58. The van der Waals surface area contributed by atoms with Crippen molar-refractivity contribution in [3.8, 4) is 11.1 Å². The molecule has 0 bridgehead atoms. The van der Waals surface area contributed by atoms with Crippen molar-refractivity contribution in [2.24, 2.45) is 7.05 Å². The quantitative estimate of drug-likeness (QED) is 0.758. The average Bonchev–Trinajstić information content (AvgIpc) is 3.06. The zero-order valence-electron chi connectivity index (χ0n) is 13.2. The molecule has 1 fully saturated rings. The topological polar surface area (TPSA) is 47.4 Å². The molecule has 4 rings (SSSR count). The molecule has 1 saturated heterocycles. The van der Waals surface area contributed by atoms with Gasteiger partial charge in [0.25, 0.3) is 0 Å². The van der Waals surface area contributed by atoms with E-state index >= 15 is 0 Å². The van der Waals surface area contributed by atoms with E-state index in [1.165, 1.54) is 6.07 Å². The number of nitrogens with zero attached hydrogens (tertiary/aromatic N) is 3. The molecule has 2 aliphatic rings. The Bertz CT molecular complexity index is 791. The lowest BCUT2D eigenvalue weighted by atomic mass is 9.82. The molecule has 2 aliphatic heterocycles. The number of ether oxygens (including phenoxy) is 1. The van der Waals surface area contributed by atoms with Gasteiger partial charge in [-0.2, -0.15) is 5.10 Å². The molecule has 5 nitrogen and oxygen atoms in total. The highest BCUT2D eigenvalue weighted by Gasteiger charge is 2.49. The highest BCUT2D eigenvalue weighted by Crippen LogP contribution is 2.46. The van der Waals surface area contributed by atoms with E-state index in [1.54, 1.807) is 30.2 Å². The largest absolute Gasteiger partial charge is 0.450 e. The summed E-state index contributed by atoms with van der Waals surface area (Å²) in [7, 11) is 3.82. The normalized spacial score (nSPS) is 19.9. The fourth-order valence-electron chi connectivity index (χ4n) is 3.58. The highest BCUT2D eigenvalue weighted by molar-refractivity contribution is 5.96. The minimum Gasteiger partial charge on any atom is -0.450 e. The van der Waals surface area contributed by atoms with Crippen LogP contribution in [0.1, 0.15) is 28.8 Å². The predicted octanol–water partition coefficient (Wildman–Crippen LogP) is 2.32. The number of aryl methyl sites for hydroxylation is 1. The molecule has 6 heteroatoms. The summed E-state index contributed by atoms with van der Waals surface area (Å²) in [5.74, 6) is -0.786. The molecule has 0 saturated carbocycles. The van der Waals surface area contributed by atoms with E-state index in [2.05, 4.69) is 10.00 Å². The molecule has 120 valence electrons. The average molecular weight is 315 g/mol. The van der Waals surface area contributed by atoms with Crippen molar-refractivity contribution in [3.05, 3.63) is 41.5 Å². The lowest BCUT2D eigenvalue weighted by Gasteiger charge is -2.37. The number of benzene rings is 1. The third-order valence-corrected chi connectivity index (χ3v) is 4.89. The van der Waals surface area contributed by atoms with E-state index in [4.69, 9.17) is 4.74 Å². The van der Waals surface area contributed by atoms with E-state index < -0.39 is 11.6 Å². The van der Waals surface area contributed by atoms with Crippen LogP contribution >= 0.6 is 0 Å². The summed E-state index contributed by atoms with van der Waals surface area (Å²) in [6, 6.07) is 3.21. The Morgan fingerprint density at radius 1 is 1.22 bits per heavy atom. The first-order valence-electron chi connectivity index (χ1n) is 7.73. The van der Waals surface area contributed by atoms with Crippen LogP contribution in [0.3, 0.4) is 0 Å². The first kappa shape index (κ1) is 14.4. The Hall–Kier alpha value is -2.21. The fourth-order valence-corrected chi connectivity index (χ4v) is 3.58. The van der Waals surface area contributed by atoms with Crippen LogP contribution in [0.25, 0.3) is 11.1 Å². The molecular weight excluding hydrogens is 297 g/mol. The second kappa shape index (κ2) is 4.89. The monoisotopic (exact) mass is 315 g/mol. The van der Waals surface area contributed by atoms with Crippen molar-refractivity contribution >= 4 is 5.97 Å². The second-order valence-electron chi connectivity index (χ2n) is 6.47. The van der Waals surface area contributed by atoms with Gasteiger partial charge in [-0.25, -0.2) is 9.18 Å². The third-order valence-electron chi connectivity index (χ3n) is 4.89. The number of hydrogen-bond acceptors (Lipinski definition) is 4. The number of hydrogen-bond donors (Lipinski definition) is 0. The number of rotatable bonds is 1. The zero-order valence-corrected chi connectivity index (χ0v) is 13.2. The van der Waals surface area contributed by atoms with Crippen LogP contribution in [0.4, 0.5) is 4.39 Å². The Balaban J connectivity index is 1.82.